The van der Waals surface area contributed by atoms with Crippen LogP contribution >= 0.6 is 12.6 Å². The number of thiol groups is 1. The van der Waals surface area contributed by atoms with E-state index in [2.05, 4.69) is 49.0 Å². The van der Waals surface area contributed by atoms with Gasteiger partial charge in [0.1, 0.15) is 5.70 Å². The standard InChI is InChI=1S/C30H31NO4S/c1-34-28(32)26-27(29(33)35-2)31-17-16-20(11-5-3-4-10-18-36)19-25(31)30(26)23-14-8-6-12-21(23)22-13-7-9-15-24(22)30/h6-9,12-17,19,25,36H,3-5,10-11,18H2,1-2H3. The summed E-state index contributed by atoms with van der Waals surface area (Å²) in [5, 5.41) is 0. The van der Waals surface area contributed by atoms with Gasteiger partial charge in [0.2, 0.25) is 0 Å². The molecule has 0 fully saturated rings. The molecule has 186 valence electrons. The molecule has 0 aromatic heterocycles. The first kappa shape index (κ1) is 24.4. The monoisotopic (exact) mass is 501 g/mol. The van der Waals surface area contributed by atoms with E-state index in [4.69, 9.17) is 9.47 Å². The number of esters is 2. The first-order valence-corrected chi connectivity index (χ1v) is 13.1. The minimum Gasteiger partial charge on any atom is -0.466 e. The van der Waals surface area contributed by atoms with Crippen molar-refractivity contribution in [1.82, 2.24) is 4.90 Å². The van der Waals surface area contributed by atoms with Gasteiger partial charge in [-0.3, -0.25) is 0 Å². The van der Waals surface area contributed by atoms with Crippen molar-refractivity contribution in [3.8, 4) is 11.1 Å². The van der Waals surface area contributed by atoms with Gasteiger partial charge in [0, 0.05) is 6.20 Å². The van der Waals surface area contributed by atoms with Crippen LogP contribution in [0, 0.1) is 0 Å². The van der Waals surface area contributed by atoms with Gasteiger partial charge in [-0.05, 0) is 58.9 Å². The number of unbranched alkanes of at least 4 members (excludes halogenated alkanes) is 3. The highest BCUT2D eigenvalue weighted by atomic mass is 32.1. The third kappa shape index (κ3) is 3.62. The van der Waals surface area contributed by atoms with E-state index in [9.17, 15) is 9.59 Å². The van der Waals surface area contributed by atoms with Crippen LogP contribution in [0.4, 0.5) is 0 Å². The third-order valence-electron chi connectivity index (χ3n) is 7.59. The molecule has 5 nitrogen and oxygen atoms in total. The lowest BCUT2D eigenvalue weighted by Crippen LogP contribution is -2.44. The fourth-order valence-electron chi connectivity index (χ4n) is 6.10. The summed E-state index contributed by atoms with van der Waals surface area (Å²) in [5.74, 6) is -0.155. The number of carbonyl (C=O) groups excluding carboxylic acids is 2. The SMILES string of the molecule is COC(=O)C1=C(C(=O)OC)C2(c3ccccc3-c3ccccc32)C2C=C(CCCCCCS)C=CN12. The van der Waals surface area contributed by atoms with Gasteiger partial charge in [-0.2, -0.15) is 12.6 Å². The number of ether oxygens (including phenoxy) is 2. The highest BCUT2D eigenvalue weighted by Crippen LogP contribution is 2.60. The lowest BCUT2D eigenvalue weighted by atomic mass is 9.67. The van der Waals surface area contributed by atoms with Crippen LogP contribution in [-0.2, 0) is 24.5 Å². The van der Waals surface area contributed by atoms with Gasteiger partial charge in [0.05, 0.1) is 31.2 Å². The van der Waals surface area contributed by atoms with Gasteiger partial charge in [-0.25, -0.2) is 9.59 Å². The lowest BCUT2D eigenvalue weighted by molar-refractivity contribution is -0.140. The van der Waals surface area contributed by atoms with Gasteiger partial charge in [0.25, 0.3) is 0 Å². The maximum atomic E-state index is 13.6. The van der Waals surface area contributed by atoms with Crippen LogP contribution in [0.25, 0.3) is 11.1 Å². The molecule has 0 bridgehead atoms. The fourth-order valence-corrected chi connectivity index (χ4v) is 6.32. The normalized spacial score (nSPS) is 18.6. The van der Waals surface area contributed by atoms with Gasteiger partial charge in [0.15, 0.2) is 0 Å². The Balaban J connectivity index is 1.72. The summed E-state index contributed by atoms with van der Waals surface area (Å²) in [4.78, 5) is 28.7. The number of carbonyl (C=O) groups is 2. The molecule has 1 atom stereocenters. The largest absolute Gasteiger partial charge is 0.466 e. The van der Waals surface area contributed by atoms with E-state index >= 15 is 0 Å². The van der Waals surface area contributed by atoms with Gasteiger partial charge in [-0.1, -0.05) is 67.4 Å². The van der Waals surface area contributed by atoms with E-state index in [0.29, 0.717) is 5.57 Å². The van der Waals surface area contributed by atoms with Crippen molar-refractivity contribution >= 4 is 24.6 Å². The van der Waals surface area contributed by atoms with Crippen molar-refractivity contribution < 1.29 is 19.1 Å². The Morgan fingerprint density at radius 1 is 0.889 bits per heavy atom. The van der Waals surface area contributed by atoms with Gasteiger partial charge < -0.3 is 14.4 Å². The van der Waals surface area contributed by atoms with Gasteiger partial charge in [-0.15, -0.1) is 0 Å². The molecule has 1 unspecified atom stereocenters. The van der Waals surface area contributed by atoms with Crippen LogP contribution in [0.15, 0.2) is 83.7 Å². The molecule has 2 heterocycles. The van der Waals surface area contributed by atoms with Crippen LogP contribution in [0.3, 0.4) is 0 Å². The average molecular weight is 502 g/mol. The molecule has 0 N–H and O–H groups in total. The number of fused-ring (bicyclic) bond motifs is 7. The zero-order chi connectivity index (χ0) is 25.3. The molecule has 5 rings (SSSR count). The van der Waals surface area contributed by atoms with Crippen molar-refractivity contribution in [3.05, 3.63) is 94.9 Å². The predicted octanol–water partition coefficient (Wildman–Crippen LogP) is 5.57. The fraction of sp³-hybridized carbons (Fsp3) is 0.333. The molecule has 0 radical (unpaired) electrons. The van der Waals surface area contributed by atoms with Crippen molar-refractivity contribution in [2.75, 3.05) is 20.0 Å². The number of nitrogens with zero attached hydrogens (tertiary/aromatic N) is 1. The Bertz CT molecular complexity index is 1250. The Morgan fingerprint density at radius 3 is 2.11 bits per heavy atom. The van der Waals surface area contributed by atoms with Crippen LogP contribution in [0.2, 0.25) is 0 Å². The second-order valence-corrected chi connectivity index (χ2v) is 9.85. The van der Waals surface area contributed by atoms with E-state index in [-0.39, 0.29) is 11.7 Å². The number of allylic oxidation sites excluding steroid dienone is 2. The van der Waals surface area contributed by atoms with E-state index < -0.39 is 17.4 Å². The van der Waals surface area contributed by atoms with E-state index in [0.717, 1.165) is 53.7 Å². The summed E-state index contributed by atoms with van der Waals surface area (Å²) in [6.45, 7) is 0. The summed E-state index contributed by atoms with van der Waals surface area (Å²) >= 11 is 4.32. The molecular weight excluding hydrogens is 470 g/mol. The first-order valence-electron chi connectivity index (χ1n) is 12.5. The summed E-state index contributed by atoms with van der Waals surface area (Å²) < 4.78 is 10.5. The Labute approximate surface area is 217 Å². The summed E-state index contributed by atoms with van der Waals surface area (Å²) in [5.41, 5.74) is 5.01. The molecular formula is C30H31NO4S. The smallest absolute Gasteiger partial charge is 0.355 e. The third-order valence-corrected chi connectivity index (χ3v) is 7.91. The number of hydrogen-bond acceptors (Lipinski definition) is 6. The summed E-state index contributed by atoms with van der Waals surface area (Å²) in [7, 11) is 2.71. The second-order valence-electron chi connectivity index (χ2n) is 9.40. The highest BCUT2D eigenvalue weighted by Gasteiger charge is 2.62. The highest BCUT2D eigenvalue weighted by molar-refractivity contribution is 7.80. The Morgan fingerprint density at radius 2 is 1.50 bits per heavy atom. The van der Waals surface area contributed by atoms with Crippen LogP contribution in [0.5, 0.6) is 0 Å². The molecule has 2 aromatic carbocycles. The average Bonchev–Trinajstić information content (AvgIpc) is 3.39. The van der Waals surface area contributed by atoms with Crippen molar-refractivity contribution in [1.29, 1.82) is 0 Å². The lowest BCUT2D eigenvalue weighted by Gasteiger charge is -2.38. The van der Waals surface area contributed by atoms with E-state index in [1.54, 1.807) is 0 Å². The van der Waals surface area contributed by atoms with Crippen LogP contribution in [0.1, 0.15) is 43.2 Å². The quantitative estimate of drug-likeness (QED) is 0.291. The number of methoxy groups -OCH3 is 2. The molecule has 1 spiro atoms. The Kier molecular flexibility index (Phi) is 6.80. The topological polar surface area (TPSA) is 55.8 Å². The minimum atomic E-state index is -0.897. The molecule has 2 aliphatic heterocycles. The molecule has 3 aliphatic rings. The summed E-state index contributed by atoms with van der Waals surface area (Å²) in [6, 6.07) is 16.0. The zero-order valence-corrected chi connectivity index (χ0v) is 21.6. The number of hydrogen-bond donors (Lipinski definition) is 1. The Hall–Kier alpha value is -3.25. The predicted molar refractivity (Wildman–Crippen MR) is 144 cm³/mol. The minimum absolute atomic E-state index is 0.237. The molecule has 1 aliphatic carbocycles. The van der Waals surface area contributed by atoms with Crippen molar-refractivity contribution in [3.63, 3.8) is 0 Å². The first-order chi connectivity index (χ1) is 17.6. The number of rotatable bonds is 8. The van der Waals surface area contributed by atoms with Crippen LogP contribution in [-0.4, -0.2) is 42.9 Å². The molecule has 0 saturated carbocycles. The van der Waals surface area contributed by atoms with Crippen molar-refractivity contribution in [2.24, 2.45) is 0 Å². The molecule has 36 heavy (non-hydrogen) atoms. The van der Waals surface area contributed by atoms with Crippen LogP contribution < -0.4 is 0 Å². The number of benzene rings is 2. The maximum Gasteiger partial charge on any atom is 0.355 e. The molecule has 6 heteroatoms. The van der Waals surface area contributed by atoms with Crippen molar-refractivity contribution in [2.45, 2.75) is 43.6 Å². The maximum absolute atomic E-state index is 13.6. The second kappa shape index (κ2) is 10.0. The zero-order valence-electron chi connectivity index (χ0n) is 20.7. The summed E-state index contributed by atoms with van der Waals surface area (Å²) in [6.07, 6.45) is 11.7. The van der Waals surface area contributed by atoms with E-state index in [1.807, 2.05) is 35.4 Å². The van der Waals surface area contributed by atoms with Gasteiger partial charge >= 0.3 is 11.9 Å². The molecule has 2 aromatic rings. The van der Waals surface area contributed by atoms with E-state index in [1.165, 1.54) is 26.2 Å². The molecule has 0 amide bonds. The molecule has 0 saturated heterocycles.